The molecule has 0 bridgehead atoms. The molecule has 0 aliphatic rings. The van der Waals surface area contributed by atoms with E-state index >= 15 is 0 Å². The number of amides is 1. The Hall–Kier alpha value is -3.84. The second-order valence-corrected chi connectivity index (χ2v) is 7.39. The molecule has 4 aromatic rings. The van der Waals surface area contributed by atoms with Crippen LogP contribution in [0.5, 0.6) is 11.5 Å². The maximum Gasteiger partial charge on any atom is 0.258 e. The summed E-state index contributed by atoms with van der Waals surface area (Å²) in [6.45, 7) is 0.827. The molecule has 0 saturated carbocycles. The average Bonchev–Trinajstić information content (AvgIpc) is 3.29. The fraction of sp³-hybridized carbons (Fsp3) is 0.125. The number of rotatable bonds is 8. The molecular formula is C24H21ClN4O3. The topological polar surface area (TPSA) is 78.3 Å². The van der Waals surface area contributed by atoms with Crippen LogP contribution in [-0.2, 0) is 13.2 Å². The third kappa shape index (κ3) is 5.25. The molecule has 0 spiro atoms. The summed E-state index contributed by atoms with van der Waals surface area (Å²) >= 11 is 6.21. The molecular weight excluding hydrogens is 428 g/mol. The van der Waals surface area contributed by atoms with Crippen LogP contribution in [0.1, 0.15) is 21.5 Å². The zero-order valence-electron chi connectivity index (χ0n) is 17.4. The van der Waals surface area contributed by atoms with Crippen molar-refractivity contribution in [1.82, 2.24) is 14.8 Å². The van der Waals surface area contributed by atoms with Crippen molar-refractivity contribution in [3.05, 3.63) is 101 Å². The molecule has 0 saturated heterocycles. The molecule has 0 aliphatic heterocycles. The van der Waals surface area contributed by atoms with Crippen LogP contribution in [-0.4, -0.2) is 27.8 Å². The second-order valence-electron chi connectivity index (χ2n) is 6.98. The lowest BCUT2D eigenvalue weighted by Crippen LogP contribution is -2.11. The van der Waals surface area contributed by atoms with Crippen molar-refractivity contribution < 1.29 is 14.3 Å². The van der Waals surface area contributed by atoms with Crippen molar-refractivity contribution in [2.75, 3.05) is 12.4 Å². The van der Waals surface area contributed by atoms with Crippen LogP contribution in [0.15, 0.2) is 79.4 Å². The number of carbonyl (C=O) groups excluding carboxylic acids is 1. The zero-order chi connectivity index (χ0) is 22.3. The third-order valence-electron chi connectivity index (χ3n) is 4.75. The van der Waals surface area contributed by atoms with E-state index in [-0.39, 0.29) is 5.91 Å². The predicted octanol–water partition coefficient (Wildman–Crippen LogP) is 4.82. The minimum Gasteiger partial charge on any atom is -0.493 e. The molecule has 0 radical (unpaired) electrons. The van der Waals surface area contributed by atoms with E-state index < -0.39 is 0 Å². The molecule has 1 amide bonds. The Morgan fingerprint density at radius 2 is 1.91 bits per heavy atom. The van der Waals surface area contributed by atoms with E-state index in [0.717, 1.165) is 11.1 Å². The zero-order valence-corrected chi connectivity index (χ0v) is 18.1. The van der Waals surface area contributed by atoms with Gasteiger partial charge in [0.25, 0.3) is 5.91 Å². The number of hydrogen-bond acceptors (Lipinski definition) is 5. The van der Waals surface area contributed by atoms with Gasteiger partial charge in [-0.05, 0) is 41.5 Å². The number of anilines is 1. The highest BCUT2D eigenvalue weighted by Gasteiger charge is 2.12. The lowest BCUT2D eigenvalue weighted by molar-refractivity contribution is 0.102. The summed E-state index contributed by atoms with van der Waals surface area (Å²) in [5.41, 5.74) is 2.92. The molecule has 8 heteroatoms. The summed E-state index contributed by atoms with van der Waals surface area (Å²) in [5, 5.41) is 7.80. The maximum absolute atomic E-state index is 12.7. The van der Waals surface area contributed by atoms with Crippen molar-refractivity contribution in [2.24, 2.45) is 0 Å². The number of aromatic nitrogens is 3. The summed E-state index contributed by atoms with van der Waals surface area (Å²) in [6, 6.07) is 16.5. The first-order chi connectivity index (χ1) is 15.6. The minimum absolute atomic E-state index is 0.277. The van der Waals surface area contributed by atoms with Gasteiger partial charge in [-0.2, -0.15) is 5.10 Å². The average molecular weight is 449 g/mol. The van der Waals surface area contributed by atoms with Gasteiger partial charge in [0.2, 0.25) is 0 Å². The number of benzene rings is 2. The lowest BCUT2D eigenvalue weighted by Gasteiger charge is -2.13. The molecule has 4 rings (SSSR count). The van der Waals surface area contributed by atoms with Gasteiger partial charge in [0, 0.05) is 35.4 Å². The monoisotopic (exact) mass is 448 g/mol. The first-order valence-electron chi connectivity index (χ1n) is 9.89. The Balaban J connectivity index is 1.44. The molecule has 2 aromatic carbocycles. The van der Waals surface area contributed by atoms with Crippen molar-refractivity contribution in [2.45, 2.75) is 13.2 Å². The van der Waals surface area contributed by atoms with E-state index in [2.05, 4.69) is 15.4 Å². The predicted molar refractivity (Wildman–Crippen MR) is 122 cm³/mol. The number of ether oxygens (including phenoxy) is 2. The normalized spacial score (nSPS) is 10.6. The molecule has 0 atom stereocenters. The van der Waals surface area contributed by atoms with Crippen molar-refractivity contribution in [3.63, 3.8) is 0 Å². The third-order valence-corrected chi connectivity index (χ3v) is 5.12. The van der Waals surface area contributed by atoms with E-state index in [1.807, 2.05) is 36.4 Å². The van der Waals surface area contributed by atoms with Crippen molar-refractivity contribution in [1.29, 1.82) is 0 Å². The number of nitrogens with zero attached hydrogens (tertiary/aromatic N) is 3. The summed E-state index contributed by atoms with van der Waals surface area (Å²) in [5.74, 6) is 0.821. The largest absolute Gasteiger partial charge is 0.493 e. The van der Waals surface area contributed by atoms with Gasteiger partial charge in [-0.25, -0.2) is 0 Å². The Bertz CT molecular complexity index is 1210. The summed E-state index contributed by atoms with van der Waals surface area (Å²) in [6.07, 6.45) is 6.62. The van der Waals surface area contributed by atoms with E-state index in [1.165, 1.54) is 6.20 Å². The number of hydrogen-bond donors (Lipinski definition) is 1. The van der Waals surface area contributed by atoms with Crippen LogP contribution in [0.25, 0.3) is 0 Å². The Labute approximate surface area is 190 Å². The van der Waals surface area contributed by atoms with Crippen LogP contribution >= 0.6 is 11.6 Å². The SMILES string of the molecule is COc1ccc(NC(=O)c2cnn(Cc3ccccc3Cl)c2)cc1OCc1ccncc1. The van der Waals surface area contributed by atoms with Crippen LogP contribution in [0.4, 0.5) is 5.69 Å². The minimum atomic E-state index is -0.277. The van der Waals surface area contributed by atoms with Gasteiger partial charge >= 0.3 is 0 Å². The lowest BCUT2D eigenvalue weighted by atomic mass is 10.2. The fourth-order valence-corrected chi connectivity index (χ4v) is 3.27. The number of nitrogens with one attached hydrogen (secondary N) is 1. The highest BCUT2D eigenvalue weighted by atomic mass is 35.5. The smallest absolute Gasteiger partial charge is 0.258 e. The summed E-state index contributed by atoms with van der Waals surface area (Å²) in [4.78, 5) is 16.7. The maximum atomic E-state index is 12.7. The quantitative estimate of drug-likeness (QED) is 0.418. The Morgan fingerprint density at radius 3 is 2.69 bits per heavy atom. The Morgan fingerprint density at radius 1 is 1.09 bits per heavy atom. The molecule has 2 heterocycles. The molecule has 162 valence electrons. The second kappa shape index (κ2) is 9.98. The first kappa shape index (κ1) is 21.4. The van der Waals surface area contributed by atoms with E-state index in [4.69, 9.17) is 21.1 Å². The van der Waals surface area contributed by atoms with Crippen LogP contribution in [0.2, 0.25) is 5.02 Å². The summed E-state index contributed by atoms with van der Waals surface area (Å²) < 4.78 is 12.9. The van der Waals surface area contributed by atoms with Gasteiger partial charge in [0.15, 0.2) is 11.5 Å². The van der Waals surface area contributed by atoms with Gasteiger partial charge in [0.05, 0.1) is 25.4 Å². The van der Waals surface area contributed by atoms with Crippen molar-refractivity contribution in [3.8, 4) is 11.5 Å². The number of carbonyl (C=O) groups is 1. The van der Waals surface area contributed by atoms with Gasteiger partial charge in [-0.15, -0.1) is 0 Å². The van der Waals surface area contributed by atoms with Gasteiger partial charge in [-0.1, -0.05) is 29.8 Å². The molecule has 0 fully saturated rings. The molecule has 0 unspecified atom stereocenters. The fourth-order valence-electron chi connectivity index (χ4n) is 3.08. The van der Waals surface area contributed by atoms with Gasteiger partial charge < -0.3 is 14.8 Å². The van der Waals surface area contributed by atoms with E-state index in [9.17, 15) is 4.79 Å². The van der Waals surface area contributed by atoms with E-state index in [1.54, 1.807) is 48.6 Å². The number of pyridine rings is 1. The standard InChI is InChI=1S/C24H21ClN4O3/c1-31-22-7-6-20(12-23(22)32-16-17-8-10-26-11-9-17)28-24(30)19-13-27-29(15-19)14-18-4-2-3-5-21(18)25/h2-13,15H,14,16H2,1H3,(H,28,30). The van der Waals surface area contributed by atoms with Crippen molar-refractivity contribution >= 4 is 23.2 Å². The van der Waals surface area contributed by atoms with Gasteiger partial charge in [-0.3, -0.25) is 14.5 Å². The first-order valence-corrected chi connectivity index (χ1v) is 10.3. The van der Waals surface area contributed by atoms with E-state index in [0.29, 0.717) is 40.9 Å². The molecule has 2 aromatic heterocycles. The molecule has 1 N–H and O–H groups in total. The highest BCUT2D eigenvalue weighted by Crippen LogP contribution is 2.31. The summed E-state index contributed by atoms with van der Waals surface area (Å²) in [7, 11) is 1.57. The van der Waals surface area contributed by atoms with Gasteiger partial charge in [0.1, 0.15) is 6.61 Å². The van der Waals surface area contributed by atoms with Crippen LogP contribution in [0.3, 0.4) is 0 Å². The molecule has 7 nitrogen and oxygen atoms in total. The van der Waals surface area contributed by atoms with Crippen LogP contribution in [0, 0.1) is 0 Å². The number of methoxy groups -OCH3 is 1. The Kier molecular flexibility index (Phi) is 6.67. The highest BCUT2D eigenvalue weighted by molar-refractivity contribution is 6.31. The number of halogens is 1. The molecule has 0 aliphatic carbocycles. The molecule has 32 heavy (non-hydrogen) atoms. The van der Waals surface area contributed by atoms with Crippen LogP contribution < -0.4 is 14.8 Å².